The van der Waals surface area contributed by atoms with E-state index in [9.17, 15) is 9.18 Å². The first-order chi connectivity index (χ1) is 16.0. The molecule has 2 aliphatic heterocycles. The summed E-state index contributed by atoms with van der Waals surface area (Å²) in [6, 6.07) is 4.99. The van der Waals surface area contributed by atoms with Crippen molar-refractivity contribution in [3.63, 3.8) is 0 Å². The lowest BCUT2D eigenvalue weighted by Crippen LogP contribution is -2.35. The van der Waals surface area contributed by atoms with Crippen molar-refractivity contribution in [2.24, 2.45) is 5.92 Å². The van der Waals surface area contributed by atoms with Crippen LogP contribution in [0, 0.1) is 11.7 Å². The Balaban J connectivity index is 1.16. The lowest BCUT2D eigenvalue weighted by atomic mass is 9.92. The van der Waals surface area contributed by atoms with Crippen molar-refractivity contribution in [3.8, 4) is 5.75 Å². The van der Waals surface area contributed by atoms with E-state index >= 15 is 0 Å². The number of halogens is 1. The number of carbonyl (C=O) groups excluding carboxylic acids is 1. The number of aromatic nitrogens is 2. The zero-order valence-corrected chi connectivity index (χ0v) is 19.4. The van der Waals surface area contributed by atoms with E-state index < -0.39 is 11.7 Å². The summed E-state index contributed by atoms with van der Waals surface area (Å²) in [5.41, 5.74) is 0.0303. The van der Waals surface area contributed by atoms with E-state index in [2.05, 4.69) is 34.2 Å². The number of amides is 1. The normalized spacial score (nSPS) is 19.3. The van der Waals surface area contributed by atoms with Crippen LogP contribution in [0.25, 0.3) is 0 Å². The van der Waals surface area contributed by atoms with Gasteiger partial charge >= 0.3 is 6.01 Å². The van der Waals surface area contributed by atoms with Crippen LogP contribution in [0.1, 0.15) is 68.1 Å². The van der Waals surface area contributed by atoms with Crippen molar-refractivity contribution >= 4 is 11.9 Å². The molecule has 1 aromatic heterocycles. The lowest BCUT2D eigenvalue weighted by molar-refractivity contribution is 0.0925. The van der Waals surface area contributed by atoms with Gasteiger partial charge in [-0.2, -0.15) is 4.98 Å². The van der Waals surface area contributed by atoms with Gasteiger partial charge in [0.15, 0.2) is 5.82 Å². The summed E-state index contributed by atoms with van der Waals surface area (Å²) in [7, 11) is 0. The maximum absolute atomic E-state index is 14.4. The van der Waals surface area contributed by atoms with Gasteiger partial charge in [-0.3, -0.25) is 4.79 Å². The fourth-order valence-corrected chi connectivity index (χ4v) is 4.25. The molecule has 3 heterocycles. The summed E-state index contributed by atoms with van der Waals surface area (Å²) < 4.78 is 30.8. The van der Waals surface area contributed by atoms with Crippen LogP contribution in [0.2, 0.25) is 0 Å². The van der Waals surface area contributed by atoms with E-state index in [4.69, 9.17) is 14.0 Å². The van der Waals surface area contributed by atoms with E-state index in [0.29, 0.717) is 37.5 Å². The molecule has 9 heteroatoms. The lowest BCUT2D eigenvalue weighted by Gasteiger charge is -2.30. The number of hydrogen-bond donors (Lipinski definition) is 1. The second kappa shape index (κ2) is 11.0. The molecular formula is C24H33FN4O4. The van der Waals surface area contributed by atoms with E-state index in [-0.39, 0.29) is 17.5 Å². The van der Waals surface area contributed by atoms with Crippen molar-refractivity contribution < 1.29 is 23.2 Å². The molecule has 0 aliphatic carbocycles. The summed E-state index contributed by atoms with van der Waals surface area (Å²) in [5, 5.41) is 6.85. The van der Waals surface area contributed by atoms with Gasteiger partial charge in [0.2, 0.25) is 0 Å². The maximum Gasteiger partial charge on any atom is 0.324 e. The van der Waals surface area contributed by atoms with Crippen molar-refractivity contribution in [1.29, 1.82) is 0 Å². The molecule has 2 aromatic rings. The molecule has 8 nitrogen and oxygen atoms in total. The van der Waals surface area contributed by atoms with Gasteiger partial charge in [0, 0.05) is 31.7 Å². The Morgan fingerprint density at radius 1 is 1.30 bits per heavy atom. The highest BCUT2D eigenvalue weighted by atomic mass is 19.1. The third kappa shape index (κ3) is 6.22. The Hall–Kier alpha value is -2.68. The largest absolute Gasteiger partial charge is 0.493 e. The van der Waals surface area contributed by atoms with Crippen molar-refractivity contribution in [2.45, 2.75) is 57.9 Å². The third-order valence-corrected chi connectivity index (χ3v) is 6.31. The zero-order valence-electron chi connectivity index (χ0n) is 19.4. The second-order valence-corrected chi connectivity index (χ2v) is 9.19. The number of nitrogens with one attached hydrogen (secondary N) is 1. The quantitative estimate of drug-likeness (QED) is 0.567. The first kappa shape index (κ1) is 23.5. The average molecular weight is 461 g/mol. The Bertz CT molecular complexity index is 921. The number of rotatable bonds is 9. The number of hydrogen-bond acceptors (Lipinski definition) is 7. The van der Waals surface area contributed by atoms with Gasteiger partial charge < -0.3 is 24.2 Å². The van der Waals surface area contributed by atoms with Gasteiger partial charge in [0.25, 0.3) is 5.91 Å². The highest BCUT2D eigenvalue weighted by Crippen LogP contribution is 2.26. The van der Waals surface area contributed by atoms with Crippen LogP contribution < -0.4 is 15.0 Å². The summed E-state index contributed by atoms with van der Waals surface area (Å²) in [6.07, 6.45) is 4.85. The SMILES string of the molecule is CC(C)c1noc(N2CCC(CCCOc3ccc(C(=O)N[C@@H]4CCOC4)c(F)c3)CC2)n1. The monoisotopic (exact) mass is 460 g/mol. The van der Waals surface area contributed by atoms with Crippen LogP contribution in [0.4, 0.5) is 10.4 Å². The van der Waals surface area contributed by atoms with Crippen molar-refractivity contribution in [2.75, 3.05) is 37.8 Å². The Morgan fingerprint density at radius 2 is 2.12 bits per heavy atom. The second-order valence-electron chi connectivity index (χ2n) is 9.19. The van der Waals surface area contributed by atoms with Gasteiger partial charge in [-0.05, 0) is 50.2 Å². The molecular weight excluding hydrogens is 427 g/mol. The Kier molecular flexibility index (Phi) is 7.80. The molecule has 33 heavy (non-hydrogen) atoms. The average Bonchev–Trinajstić information content (AvgIpc) is 3.50. The molecule has 0 radical (unpaired) electrons. The highest BCUT2D eigenvalue weighted by Gasteiger charge is 2.24. The van der Waals surface area contributed by atoms with E-state index in [0.717, 1.165) is 51.0 Å². The minimum Gasteiger partial charge on any atom is -0.493 e. The van der Waals surface area contributed by atoms with Gasteiger partial charge in [0.1, 0.15) is 11.6 Å². The van der Waals surface area contributed by atoms with E-state index in [1.165, 1.54) is 12.1 Å². The number of benzene rings is 1. The van der Waals surface area contributed by atoms with E-state index in [1.807, 2.05) is 0 Å². The molecule has 2 aliphatic rings. The molecule has 0 unspecified atom stereocenters. The number of piperidine rings is 1. The Morgan fingerprint density at radius 3 is 2.79 bits per heavy atom. The molecule has 2 fully saturated rings. The van der Waals surface area contributed by atoms with Gasteiger partial charge in [-0.25, -0.2) is 4.39 Å². The van der Waals surface area contributed by atoms with Gasteiger partial charge in [-0.15, -0.1) is 0 Å². The van der Waals surface area contributed by atoms with Crippen LogP contribution in [0.3, 0.4) is 0 Å². The summed E-state index contributed by atoms with van der Waals surface area (Å²) in [6.45, 7) is 7.54. The predicted molar refractivity (Wildman–Crippen MR) is 121 cm³/mol. The molecule has 1 N–H and O–H groups in total. The summed E-state index contributed by atoms with van der Waals surface area (Å²) in [5.74, 6) is 1.09. The number of carbonyl (C=O) groups is 1. The molecule has 1 amide bonds. The molecule has 4 rings (SSSR count). The number of ether oxygens (including phenoxy) is 2. The highest BCUT2D eigenvalue weighted by molar-refractivity contribution is 5.94. The molecule has 0 saturated carbocycles. The zero-order chi connectivity index (χ0) is 23.2. The van der Waals surface area contributed by atoms with Crippen LogP contribution in [0.5, 0.6) is 5.75 Å². The number of nitrogens with zero attached hydrogens (tertiary/aromatic N) is 3. The molecule has 0 spiro atoms. The minimum absolute atomic E-state index is 0.0303. The summed E-state index contributed by atoms with van der Waals surface area (Å²) >= 11 is 0. The molecule has 2 saturated heterocycles. The molecule has 0 bridgehead atoms. The van der Waals surface area contributed by atoms with Crippen LogP contribution in [0.15, 0.2) is 22.7 Å². The van der Waals surface area contributed by atoms with Crippen LogP contribution in [-0.4, -0.2) is 55.0 Å². The van der Waals surface area contributed by atoms with Crippen molar-refractivity contribution in [1.82, 2.24) is 15.5 Å². The van der Waals surface area contributed by atoms with Gasteiger partial charge in [-0.1, -0.05) is 19.0 Å². The smallest absolute Gasteiger partial charge is 0.324 e. The minimum atomic E-state index is -0.571. The third-order valence-electron chi connectivity index (χ3n) is 6.31. The number of anilines is 1. The summed E-state index contributed by atoms with van der Waals surface area (Å²) in [4.78, 5) is 18.9. The maximum atomic E-state index is 14.4. The van der Waals surface area contributed by atoms with Crippen molar-refractivity contribution in [3.05, 3.63) is 35.4 Å². The van der Waals surface area contributed by atoms with Crippen LogP contribution >= 0.6 is 0 Å². The first-order valence-electron chi connectivity index (χ1n) is 11.9. The molecule has 1 atom stereocenters. The fraction of sp³-hybridized carbons (Fsp3) is 0.625. The van der Waals surface area contributed by atoms with Crippen LogP contribution in [-0.2, 0) is 4.74 Å². The fourth-order valence-electron chi connectivity index (χ4n) is 4.25. The molecule has 1 aromatic carbocycles. The van der Waals surface area contributed by atoms with E-state index in [1.54, 1.807) is 6.07 Å². The Labute approximate surface area is 193 Å². The van der Waals surface area contributed by atoms with Gasteiger partial charge in [0.05, 0.1) is 24.8 Å². The molecule has 180 valence electrons. The topological polar surface area (TPSA) is 89.7 Å². The first-order valence-corrected chi connectivity index (χ1v) is 11.9. The predicted octanol–water partition coefficient (Wildman–Crippen LogP) is 3.93. The standard InChI is InChI=1S/C24H33FN4O4/c1-16(2)22-27-24(33-28-22)29-10-7-17(8-11-29)4-3-12-32-19-5-6-20(21(25)14-19)23(30)26-18-9-13-31-15-18/h5-6,14,16-18H,3-4,7-13,15H2,1-2H3,(H,26,30)/t18-/m1/s1.